The highest BCUT2D eigenvalue weighted by Crippen LogP contribution is 2.56. The molecule has 0 aliphatic heterocycles. The van der Waals surface area contributed by atoms with Crippen LogP contribution in [0.5, 0.6) is 5.75 Å². The molecule has 0 spiro atoms. The molecule has 1 aromatic rings. The van der Waals surface area contributed by atoms with Gasteiger partial charge in [0.1, 0.15) is 11.8 Å². The summed E-state index contributed by atoms with van der Waals surface area (Å²) < 4.78 is 5.33. The molecule has 3 atom stereocenters. The summed E-state index contributed by atoms with van der Waals surface area (Å²) in [5.41, 5.74) is 6.76. The third-order valence-electron chi connectivity index (χ3n) is 5.57. The Bertz CT molecular complexity index is 909. The Balaban J connectivity index is 2.32. The first-order valence-electron chi connectivity index (χ1n) is 8.59. The van der Waals surface area contributed by atoms with Crippen LogP contribution in [0.25, 0.3) is 0 Å². The quantitative estimate of drug-likeness (QED) is 0.883. The molecule has 130 valence electrons. The predicted molar refractivity (Wildman–Crippen MR) is 96.2 cm³/mol. The number of nitriles is 3. The van der Waals surface area contributed by atoms with E-state index in [0.717, 1.165) is 24.0 Å². The minimum atomic E-state index is -1.57. The van der Waals surface area contributed by atoms with Crippen LogP contribution in [0.3, 0.4) is 0 Å². The van der Waals surface area contributed by atoms with Crippen LogP contribution in [0, 0.1) is 51.2 Å². The second-order valence-electron chi connectivity index (χ2n) is 7.03. The van der Waals surface area contributed by atoms with Gasteiger partial charge >= 0.3 is 0 Å². The lowest BCUT2D eigenvalue weighted by Crippen LogP contribution is -2.43. The molecule has 26 heavy (non-hydrogen) atoms. The lowest BCUT2D eigenvalue weighted by atomic mass is 9.56. The fourth-order valence-electron chi connectivity index (χ4n) is 4.29. The van der Waals surface area contributed by atoms with Gasteiger partial charge in [0.05, 0.1) is 30.5 Å². The summed E-state index contributed by atoms with van der Waals surface area (Å²) in [5, 5.41) is 29.6. The number of rotatable bonds is 2. The summed E-state index contributed by atoms with van der Waals surface area (Å²) in [4.78, 5) is 0. The number of allylic oxidation sites excluding steroid dienone is 4. The van der Waals surface area contributed by atoms with Crippen LogP contribution in [0.4, 0.5) is 0 Å². The number of hydrogen-bond donors (Lipinski definition) is 1. The van der Waals surface area contributed by atoms with Gasteiger partial charge in [-0.3, -0.25) is 0 Å². The molecule has 0 heterocycles. The number of nitrogens with zero attached hydrogens (tertiary/aromatic N) is 3. The zero-order valence-corrected chi connectivity index (χ0v) is 14.9. The Hall–Kier alpha value is -3.23. The molecule has 0 amide bonds. The van der Waals surface area contributed by atoms with Crippen molar-refractivity contribution in [1.82, 2.24) is 0 Å². The van der Waals surface area contributed by atoms with Gasteiger partial charge in [-0.2, -0.15) is 15.8 Å². The molecule has 5 nitrogen and oxygen atoms in total. The van der Waals surface area contributed by atoms with E-state index in [1.54, 1.807) is 7.11 Å². The number of methoxy groups -OCH3 is 1. The van der Waals surface area contributed by atoms with Crippen LogP contribution in [0.15, 0.2) is 47.2 Å². The topological polar surface area (TPSA) is 107 Å². The first kappa shape index (κ1) is 17.6. The van der Waals surface area contributed by atoms with E-state index in [-0.39, 0.29) is 11.6 Å². The van der Waals surface area contributed by atoms with Gasteiger partial charge in [0, 0.05) is 5.92 Å². The summed E-state index contributed by atoms with van der Waals surface area (Å²) >= 11 is 0. The van der Waals surface area contributed by atoms with Crippen molar-refractivity contribution in [3.05, 3.63) is 52.7 Å². The summed E-state index contributed by atoms with van der Waals surface area (Å²) in [7, 11) is 1.58. The zero-order valence-electron chi connectivity index (χ0n) is 14.9. The third kappa shape index (κ3) is 2.43. The molecule has 3 rings (SSSR count). The average molecular weight is 344 g/mol. The average Bonchev–Trinajstić information content (AvgIpc) is 2.67. The van der Waals surface area contributed by atoms with Gasteiger partial charge in [0.15, 0.2) is 5.41 Å². The van der Waals surface area contributed by atoms with Crippen LogP contribution < -0.4 is 10.5 Å². The van der Waals surface area contributed by atoms with Gasteiger partial charge in [0.25, 0.3) is 0 Å². The Morgan fingerprint density at radius 1 is 1.23 bits per heavy atom. The lowest BCUT2D eigenvalue weighted by Gasteiger charge is -2.44. The van der Waals surface area contributed by atoms with E-state index in [4.69, 9.17) is 10.5 Å². The highest BCUT2D eigenvalue weighted by atomic mass is 16.5. The van der Waals surface area contributed by atoms with Crippen molar-refractivity contribution >= 4 is 0 Å². The molecule has 0 radical (unpaired) electrons. The van der Waals surface area contributed by atoms with Crippen molar-refractivity contribution in [2.24, 2.45) is 23.0 Å². The van der Waals surface area contributed by atoms with Crippen LogP contribution in [0.2, 0.25) is 0 Å². The molecule has 1 aromatic carbocycles. The Morgan fingerprint density at radius 2 is 1.96 bits per heavy atom. The fraction of sp³-hybridized carbons (Fsp3) is 0.381. The third-order valence-corrected chi connectivity index (χ3v) is 5.57. The maximum Gasteiger partial charge on any atom is 0.191 e. The maximum atomic E-state index is 9.99. The summed E-state index contributed by atoms with van der Waals surface area (Å²) in [6.45, 7) is 2.14. The molecule has 0 saturated carbocycles. The van der Waals surface area contributed by atoms with Crippen LogP contribution >= 0.6 is 0 Å². The molecule has 2 aliphatic rings. The monoisotopic (exact) mass is 344 g/mol. The highest BCUT2D eigenvalue weighted by molar-refractivity contribution is 5.59. The number of fused-ring (bicyclic) bond motifs is 1. The number of benzene rings is 1. The SMILES string of the molecule is COc1cccc([C@H]2[C@H]3C[C@@H](C)CC=C3C(C#N)=C(N)C2(C#N)C#N)c1. The van der Waals surface area contributed by atoms with Crippen molar-refractivity contribution < 1.29 is 4.74 Å². The van der Waals surface area contributed by atoms with E-state index in [1.807, 2.05) is 24.3 Å². The van der Waals surface area contributed by atoms with Crippen molar-refractivity contribution in [2.45, 2.75) is 25.7 Å². The molecular weight excluding hydrogens is 324 g/mol. The maximum absolute atomic E-state index is 9.99. The van der Waals surface area contributed by atoms with Gasteiger partial charge in [-0.25, -0.2) is 0 Å². The minimum absolute atomic E-state index is 0.0647. The molecular formula is C21H20N4O. The van der Waals surface area contributed by atoms with E-state index >= 15 is 0 Å². The van der Waals surface area contributed by atoms with Crippen LogP contribution in [-0.4, -0.2) is 7.11 Å². The van der Waals surface area contributed by atoms with E-state index in [1.165, 1.54) is 0 Å². The molecule has 0 fully saturated rings. The minimum Gasteiger partial charge on any atom is -0.497 e. The predicted octanol–water partition coefficient (Wildman–Crippen LogP) is 3.53. The number of ether oxygens (including phenoxy) is 1. The molecule has 0 saturated heterocycles. The smallest absolute Gasteiger partial charge is 0.191 e. The van der Waals surface area contributed by atoms with E-state index in [0.29, 0.717) is 17.2 Å². The molecule has 5 heteroatoms. The van der Waals surface area contributed by atoms with E-state index in [9.17, 15) is 15.8 Å². The Kier molecular flexibility index (Phi) is 4.45. The second-order valence-corrected chi connectivity index (χ2v) is 7.03. The second kappa shape index (κ2) is 6.58. The van der Waals surface area contributed by atoms with Crippen LogP contribution in [0.1, 0.15) is 31.2 Å². The first-order chi connectivity index (χ1) is 12.5. The molecule has 0 aromatic heterocycles. The van der Waals surface area contributed by atoms with Gasteiger partial charge in [0.2, 0.25) is 0 Å². The van der Waals surface area contributed by atoms with E-state index in [2.05, 4.69) is 31.2 Å². The molecule has 2 N–H and O–H groups in total. The normalized spacial score (nSPS) is 26.6. The molecule has 0 bridgehead atoms. The molecule has 0 unspecified atom stereocenters. The van der Waals surface area contributed by atoms with Gasteiger partial charge in [-0.15, -0.1) is 0 Å². The fourth-order valence-corrected chi connectivity index (χ4v) is 4.29. The van der Waals surface area contributed by atoms with E-state index < -0.39 is 11.3 Å². The van der Waals surface area contributed by atoms with Crippen molar-refractivity contribution in [2.75, 3.05) is 7.11 Å². The highest BCUT2D eigenvalue weighted by Gasteiger charge is 2.54. The van der Waals surface area contributed by atoms with Gasteiger partial charge in [-0.1, -0.05) is 25.1 Å². The van der Waals surface area contributed by atoms with Gasteiger partial charge < -0.3 is 10.5 Å². The summed E-state index contributed by atoms with van der Waals surface area (Å²) in [6.07, 6.45) is 3.72. The summed E-state index contributed by atoms with van der Waals surface area (Å²) in [6, 6.07) is 13.9. The zero-order chi connectivity index (χ0) is 18.9. The van der Waals surface area contributed by atoms with Gasteiger partial charge in [-0.05, 0) is 47.9 Å². The first-order valence-corrected chi connectivity index (χ1v) is 8.59. The number of nitrogens with two attached hydrogens (primary N) is 1. The summed E-state index contributed by atoms with van der Waals surface area (Å²) in [5.74, 6) is 0.521. The molecule has 2 aliphatic carbocycles. The number of hydrogen-bond acceptors (Lipinski definition) is 5. The standard InChI is InChI=1S/C21H20N4O/c1-13-6-7-16-17(8-13)19(14-4-3-5-15(9-14)26-2)21(11-23,12-24)20(25)18(16)10-22/h3-5,7,9,13,17,19H,6,8,25H2,1-2H3/t13-,17-,19-/m0/s1. The lowest BCUT2D eigenvalue weighted by molar-refractivity contribution is 0.283. The Morgan fingerprint density at radius 3 is 2.58 bits per heavy atom. The van der Waals surface area contributed by atoms with Crippen molar-refractivity contribution in [3.8, 4) is 24.0 Å². The van der Waals surface area contributed by atoms with Crippen molar-refractivity contribution in [3.63, 3.8) is 0 Å². The van der Waals surface area contributed by atoms with Crippen LogP contribution in [-0.2, 0) is 0 Å². The van der Waals surface area contributed by atoms with Crippen molar-refractivity contribution in [1.29, 1.82) is 15.8 Å². The Labute approximate surface area is 153 Å². The largest absolute Gasteiger partial charge is 0.497 e.